The van der Waals surface area contributed by atoms with Gasteiger partial charge in [0.25, 0.3) is 0 Å². The Kier molecular flexibility index (Phi) is 4.18. The van der Waals surface area contributed by atoms with Crippen LogP contribution < -0.4 is 5.32 Å². The molecule has 0 fully saturated rings. The normalized spacial score (nSPS) is 12.9. The SMILES string of the molecule is CCC(O)CNCc1c2ccccc2cc2ccccc12. The summed E-state index contributed by atoms with van der Waals surface area (Å²) < 4.78 is 0. The molecule has 3 rings (SSSR count). The van der Waals surface area contributed by atoms with Crippen molar-refractivity contribution in [3.05, 3.63) is 60.2 Å². The van der Waals surface area contributed by atoms with Gasteiger partial charge in [0, 0.05) is 13.1 Å². The fraction of sp³-hybridized carbons (Fsp3) is 0.263. The van der Waals surface area contributed by atoms with Crippen LogP contribution in [-0.4, -0.2) is 17.8 Å². The quantitative estimate of drug-likeness (QED) is 0.695. The Morgan fingerprint density at radius 2 is 1.52 bits per heavy atom. The van der Waals surface area contributed by atoms with Gasteiger partial charge in [-0.25, -0.2) is 0 Å². The van der Waals surface area contributed by atoms with Gasteiger partial charge in [-0.3, -0.25) is 0 Å². The van der Waals surface area contributed by atoms with Crippen LogP contribution in [0.1, 0.15) is 18.9 Å². The lowest BCUT2D eigenvalue weighted by Gasteiger charge is -2.14. The number of aliphatic hydroxyl groups is 1. The smallest absolute Gasteiger partial charge is 0.0662 e. The lowest BCUT2D eigenvalue weighted by molar-refractivity contribution is 0.167. The highest BCUT2D eigenvalue weighted by Gasteiger charge is 2.07. The molecule has 2 nitrogen and oxygen atoms in total. The van der Waals surface area contributed by atoms with E-state index in [2.05, 4.69) is 59.9 Å². The fourth-order valence-corrected chi connectivity index (χ4v) is 2.81. The zero-order chi connectivity index (χ0) is 14.7. The van der Waals surface area contributed by atoms with Crippen LogP contribution in [0.3, 0.4) is 0 Å². The number of fused-ring (bicyclic) bond motifs is 2. The first kappa shape index (κ1) is 14.1. The number of benzene rings is 3. The third-order valence-electron chi connectivity index (χ3n) is 4.04. The van der Waals surface area contributed by atoms with Crippen LogP contribution in [0.4, 0.5) is 0 Å². The Hall–Kier alpha value is -1.90. The molecule has 21 heavy (non-hydrogen) atoms. The van der Waals surface area contributed by atoms with E-state index in [4.69, 9.17) is 0 Å². The summed E-state index contributed by atoms with van der Waals surface area (Å²) in [5.41, 5.74) is 1.31. The third kappa shape index (κ3) is 2.92. The van der Waals surface area contributed by atoms with Crippen molar-refractivity contribution in [2.24, 2.45) is 0 Å². The Bertz CT molecular complexity index is 697. The molecule has 0 aliphatic carbocycles. The summed E-state index contributed by atoms with van der Waals surface area (Å²) in [5.74, 6) is 0. The molecule has 0 saturated carbocycles. The number of hydrogen-bond donors (Lipinski definition) is 2. The Morgan fingerprint density at radius 3 is 2.10 bits per heavy atom. The summed E-state index contributed by atoms with van der Waals surface area (Å²) in [6.45, 7) is 3.41. The van der Waals surface area contributed by atoms with Crippen LogP contribution >= 0.6 is 0 Å². The second-order valence-corrected chi connectivity index (χ2v) is 5.49. The Morgan fingerprint density at radius 1 is 0.952 bits per heavy atom. The van der Waals surface area contributed by atoms with E-state index < -0.39 is 0 Å². The number of aliphatic hydroxyl groups excluding tert-OH is 1. The standard InChI is InChI=1S/C19H21NO/c1-2-16(21)12-20-13-19-17-9-5-3-7-14(17)11-15-8-4-6-10-18(15)19/h3-11,16,20-21H,2,12-13H2,1H3. The minimum Gasteiger partial charge on any atom is -0.392 e. The Labute approximate surface area is 125 Å². The van der Waals surface area contributed by atoms with Gasteiger partial charge in [-0.2, -0.15) is 0 Å². The summed E-state index contributed by atoms with van der Waals surface area (Å²) in [7, 11) is 0. The van der Waals surface area contributed by atoms with E-state index in [0.717, 1.165) is 13.0 Å². The van der Waals surface area contributed by atoms with Crippen LogP contribution in [0.5, 0.6) is 0 Å². The first-order valence-electron chi connectivity index (χ1n) is 7.57. The highest BCUT2D eigenvalue weighted by molar-refractivity contribution is 6.02. The lowest BCUT2D eigenvalue weighted by atomic mass is 9.97. The zero-order valence-corrected chi connectivity index (χ0v) is 12.3. The fourth-order valence-electron chi connectivity index (χ4n) is 2.81. The maximum atomic E-state index is 9.70. The second-order valence-electron chi connectivity index (χ2n) is 5.49. The largest absolute Gasteiger partial charge is 0.392 e. The molecule has 0 spiro atoms. The summed E-state index contributed by atoms with van der Waals surface area (Å²) in [6.07, 6.45) is 0.509. The first-order chi connectivity index (χ1) is 10.3. The van der Waals surface area contributed by atoms with E-state index >= 15 is 0 Å². The van der Waals surface area contributed by atoms with Gasteiger partial charge in [-0.05, 0) is 39.6 Å². The molecule has 3 aromatic rings. The van der Waals surface area contributed by atoms with Crippen molar-refractivity contribution < 1.29 is 5.11 Å². The average molecular weight is 279 g/mol. The molecule has 0 aliphatic heterocycles. The minimum atomic E-state index is -0.272. The highest BCUT2D eigenvalue weighted by atomic mass is 16.3. The van der Waals surface area contributed by atoms with E-state index in [1.807, 2.05) is 6.92 Å². The number of hydrogen-bond acceptors (Lipinski definition) is 2. The van der Waals surface area contributed by atoms with Crippen molar-refractivity contribution in [2.75, 3.05) is 6.54 Å². The maximum absolute atomic E-state index is 9.70. The predicted molar refractivity (Wildman–Crippen MR) is 89.5 cm³/mol. The molecule has 108 valence electrons. The molecule has 0 radical (unpaired) electrons. The van der Waals surface area contributed by atoms with Gasteiger partial charge in [0.2, 0.25) is 0 Å². The molecule has 0 amide bonds. The summed E-state index contributed by atoms with van der Waals surface area (Å²) >= 11 is 0. The second kappa shape index (κ2) is 6.25. The molecule has 0 heterocycles. The molecular weight excluding hydrogens is 258 g/mol. The molecule has 0 saturated heterocycles. The summed E-state index contributed by atoms with van der Waals surface area (Å²) in [5, 5.41) is 18.2. The van der Waals surface area contributed by atoms with Gasteiger partial charge in [0.1, 0.15) is 0 Å². The van der Waals surface area contributed by atoms with Crippen LogP contribution in [0.25, 0.3) is 21.5 Å². The zero-order valence-electron chi connectivity index (χ0n) is 12.3. The van der Waals surface area contributed by atoms with Crippen LogP contribution in [0, 0.1) is 0 Å². The molecule has 1 atom stereocenters. The van der Waals surface area contributed by atoms with Gasteiger partial charge in [-0.15, -0.1) is 0 Å². The first-order valence-corrected chi connectivity index (χ1v) is 7.57. The van der Waals surface area contributed by atoms with Gasteiger partial charge < -0.3 is 10.4 Å². The van der Waals surface area contributed by atoms with Crippen LogP contribution in [0.2, 0.25) is 0 Å². The molecular formula is C19H21NO. The van der Waals surface area contributed by atoms with Gasteiger partial charge in [-0.1, -0.05) is 55.5 Å². The van der Waals surface area contributed by atoms with E-state index in [0.29, 0.717) is 6.54 Å². The van der Waals surface area contributed by atoms with Crippen molar-refractivity contribution in [2.45, 2.75) is 26.0 Å². The Balaban J connectivity index is 2.03. The monoisotopic (exact) mass is 279 g/mol. The van der Waals surface area contributed by atoms with E-state index in [1.54, 1.807) is 0 Å². The topological polar surface area (TPSA) is 32.3 Å². The van der Waals surface area contributed by atoms with Gasteiger partial charge >= 0.3 is 0 Å². The third-order valence-corrected chi connectivity index (χ3v) is 4.04. The van der Waals surface area contributed by atoms with E-state index in [-0.39, 0.29) is 6.10 Å². The molecule has 0 aliphatic rings. The molecule has 2 heteroatoms. The van der Waals surface area contributed by atoms with Crippen molar-refractivity contribution in [3.8, 4) is 0 Å². The predicted octanol–water partition coefficient (Wildman–Crippen LogP) is 3.85. The van der Waals surface area contributed by atoms with Crippen molar-refractivity contribution in [1.29, 1.82) is 0 Å². The maximum Gasteiger partial charge on any atom is 0.0662 e. The van der Waals surface area contributed by atoms with Crippen molar-refractivity contribution in [1.82, 2.24) is 5.32 Å². The van der Waals surface area contributed by atoms with Crippen LogP contribution in [-0.2, 0) is 6.54 Å². The van der Waals surface area contributed by atoms with Crippen molar-refractivity contribution >= 4 is 21.5 Å². The van der Waals surface area contributed by atoms with Gasteiger partial charge in [0.05, 0.1) is 6.10 Å². The number of nitrogens with one attached hydrogen (secondary N) is 1. The number of rotatable bonds is 5. The highest BCUT2D eigenvalue weighted by Crippen LogP contribution is 2.28. The summed E-state index contributed by atoms with van der Waals surface area (Å²) in [4.78, 5) is 0. The van der Waals surface area contributed by atoms with Crippen LogP contribution in [0.15, 0.2) is 54.6 Å². The lowest BCUT2D eigenvalue weighted by Crippen LogP contribution is -2.25. The average Bonchev–Trinajstić information content (AvgIpc) is 2.54. The molecule has 0 aromatic heterocycles. The molecule has 3 aromatic carbocycles. The van der Waals surface area contributed by atoms with E-state index in [9.17, 15) is 5.11 Å². The molecule has 0 bridgehead atoms. The molecule has 2 N–H and O–H groups in total. The van der Waals surface area contributed by atoms with E-state index in [1.165, 1.54) is 27.1 Å². The minimum absolute atomic E-state index is 0.272. The van der Waals surface area contributed by atoms with Gasteiger partial charge in [0.15, 0.2) is 0 Å². The van der Waals surface area contributed by atoms with Crippen molar-refractivity contribution in [3.63, 3.8) is 0 Å². The summed E-state index contributed by atoms with van der Waals surface area (Å²) in [6, 6.07) is 19.2. The molecule has 1 unspecified atom stereocenters.